The maximum absolute atomic E-state index is 12.2. The van der Waals surface area contributed by atoms with Gasteiger partial charge >= 0.3 is 0 Å². The van der Waals surface area contributed by atoms with E-state index in [1.807, 2.05) is 0 Å². The second-order valence-corrected chi connectivity index (χ2v) is 6.47. The number of sulfonamides is 1. The van der Waals surface area contributed by atoms with E-state index in [0.29, 0.717) is 0 Å². The van der Waals surface area contributed by atoms with Gasteiger partial charge in [-0.1, -0.05) is 19.9 Å². The van der Waals surface area contributed by atoms with Gasteiger partial charge in [0.25, 0.3) is 0 Å². The van der Waals surface area contributed by atoms with Crippen LogP contribution in [0.4, 0.5) is 5.69 Å². The van der Waals surface area contributed by atoms with Crippen molar-refractivity contribution in [3.05, 3.63) is 23.8 Å². The highest BCUT2D eigenvalue weighted by Crippen LogP contribution is 2.20. The molecule has 1 aromatic rings. The van der Waals surface area contributed by atoms with Gasteiger partial charge in [-0.2, -0.15) is 4.72 Å². The van der Waals surface area contributed by atoms with E-state index in [0.717, 1.165) is 5.56 Å². The van der Waals surface area contributed by atoms with Crippen LogP contribution in [0.5, 0.6) is 0 Å². The first-order valence-corrected chi connectivity index (χ1v) is 7.31. The van der Waals surface area contributed by atoms with E-state index in [4.69, 9.17) is 11.5 Å². The molecule has 19 heavy (non-hydrogen) atoms. The standard InChI is InChI=1S/C12H19N3O3S/c1-7(2)11(12(14)16)15-19(17,18)10-5-4-8(3)6-9(10)13/h4-7,11,15H,13H2,1-3H3,(H2,14,16). The Hall–Kier alpha value is -1.60. The van der Waals surface area contributed by atoms with Crippen molar-refractivity contribution in [3.8, 4) is 0 Å². The van der Waals surface area contributed by atoms with Crippen LogP contribution in [0.1, 0.15) is 19.4 Å². The molecule has 0 fully saturated rings. The molecule has 1 amide bonds. The summed E-state index contributed by atoms with van der Waals surface area (Å²) in [6.45, 7) is 5.22. The molecule has 0 spiro atoms. The van der Waals surface area contributed by atoms with Crippen LogP contribution < -0.4 is 16.2 Å². The third-order valence-electron chi connectivity index (χ3n) is 2.71. The molecule has 106 valence electrons. The molecule has 0 saturated heterocycles. The van der Waals surface area contributed by atoms with Crippen LogP contribution in [0, 0.1) is 12.8 Å². The molecule has 0 aliphatic carbocycles. The van der Waals surface area contributed by atoms with E-state index >= 15 is 0 Å². The average Bonchev–Trinajstić information content (AvgIpc) is 2.24. The van der Waals surface area contributed by atoms with E-state index in [1.165, 1.54) is 6.07 Å². The molecule has 1 aromatic carbocycles. The van der Waals surface area contributed by atoms with Gasteiger partial charge in [0, 0.05) is 0 Å². The molecule has 7 heteroatoms. The van der Waals surface area contributed by atoms with Crippen molar-refractivity contribution in [2.24, 2.45) is 11.7 Å². The van der Waals surface area contributed by atoms with E-state index in [2.05, 4.69) is 4.72 Å². The third-order valence-corrected chi connectivity index (χ3v) is 4.23. The lowest BCUT2D eigenvalue weighted by atomic mass is 10.1. The van der Waals surface area contributed by atoms with Crippen molar-refractivity contribution in [1.29, 1.82) is 0 Å². The van der Waals surface area contributed by atoms with Crippen LogP contribution in [-0.2, 0) is 14.8 Å². The molecule has 1 rings (SSSR count). The molecule has 0 radical (unpaired) electrons. The van der Waals surface area contributed by atoms with Crippen molar-refractivity contribution in [2.45, 2.75) is 31.7 Å². The quantitative estimate of drug-likeness (QED) is 0.678. The van der Waals surface area contributed by atoms with Crippen LogP contribution in [0.15, 0.2) is 23.1 Å². The molecular formula is C12H19N3O3S. The summed E-state index contributed by atoms with van der Waals surface area (Å²) >= 11 is 0. The minimum Gasteiger partial charge on any atom is -0.398 e. The van der Waals surface area contributed by atoms with Gasteiger partial charge in [0.15, 0.2) is 0 Å². The Labute approximate surface area is 113 Å². The monoisotopic (exact) mass is 285 g/mol. The number of hydrogen-bond acceptors (Lipinski definition) is 4. The van der Waals surface area contributed by atoms with Gasteiger partial charge in [-0.3, -0.25) is 4.79 Å². The number of nitrogens with two attached hydrogens (primary N) is 2. The summed E-state index contributed by atoms with van der Waals surface area (Å²) in [6, 6.07) is 3.64. The molecule has 0 heterocycles. The van der Waals surface area contributed by atoms with Crippen LogP contribution in [0.25, 0.3) is 0 Å². The van der Waals surface area contributed by atoms with Crippen molar-refractivity contribution in [2.75, 3.05) is 5.73 Å². The maximum Gasteiger partial charge on any atom is 0.243 e. The highest BCUT2D eigenvalue weighted by molar-refractivity contribution is 7.89. The number of carbonyl (C=O) groups excluding carboxylic acids is 1. The van der Waals surface area contributed by atoms with Gasteiger partial charge in [-0.05, 0) is 30.5 Å². The van der Waals surface area contributed by atoms with Gasteiger partial charge in [0.1, 0.15) is 10.9 Å². The number of aryl methyl sites for hydroxylation is 1. The molecule has 0 aromatic heterocycles. The summed E-state index contributed by atoms with van der Waals surface area (Å²) in [5, 5.41) is 0. The number of amides is 1. The number of anilines is 1. The van der Waals surface area contributed by atoms with E-state index in [-0.39, 0.29) is 16.5 Å². The minimum atomic E-state index is -3.87. The van der Waals surface area contributed by atoms with Crippen LogP contribution in [-0.4, -0.2) is 20.4 Å². The lowest BCUT2D eigenvalue weighted by molar-refractivity contribution is -0.120. The highest BCUT2D eigenvalue weighted by atomic mass is 32.2. The summed E-state index contributed by atoms with van der Waals surface area (Å²) in [6.07, 6.45) is 0. The molecule has 1 unspecified atom stereocenters. The number of benzene rings is 1. The van der Waals surface area contributed by atoms with E-state index in [9.17, 15) is 13.2 Å². The van der Waals surface area contributed by atoms with Crippen molar-refractivity contribution in [3.63, 3.8) is 0 Å². The number of hydrogen-bond donors (Lipinski definition) is 3. The van der Waals surface area contributed by atoms with Crippen LogP contribution in [0.2, 0.25) is 0 Å². The van der Waals surface area contributed by atoms with Crippen LogP contribution in [0.3, 0.4) is 0 Å². The highest BCUT2D eigenvalue weighted by Gasteiger charge is 2.27. The Kier molecular flexibility index (Phi) is 4.54. The molecule has 0 saturated carbocycles. The largest absolute Gasteiger partial charge is 0.398 e. The summed E-state index contributed by atoms with van der Waals surface area (Å²) in [5.74, 6) is -0.969. The van der Waals surface area contributed by atoms with E-state index in [1.54, 1.807) is 32.9 Å². The SMILES string of the molecule is Cc1ccc(S(=O)(=O)NC(C(N)=O)C(C)C)c(N)c1. The predicted octanol–water partition coefficient (Wildman–Crippen LogP) is 0.365. The summed E-state index contributed by atoms with van der Waals surface area (Å²) < 4.78 is 26.7. The van der Waals surface area contributed by atoms with Crippen molar-refractivity contribution >= 4 is 21.6 Å². The Morgan fingerprint density at radius 1 is 1.32 bits per heavy atom. The first kappa shape index (κ1) is 15.5. The normalized spacial score (nSPS) is 13.5. The van der Waals surface area contributed by atoms with Gasteiger partial charge in [0.05, 0.1) is 5.69 Å². The van der Waals surface area contributed by atoms with Crippen molar-refractivity contribution < 1.29 is 13.2 Å². The molecular weight excluding hydrogens is 266 g/mol. The van der Waals surface area contributed by atoms with Gasteiger partial charge in [0.2, 0.25) is 15.9 Å². The molecule has 0 aliphatic heterocycles. The first-order chi connectivity index (χ1) is 8.65. The molecule has 5 N–H and O–H groups in total. The van der Waals surface area contributed by atoms with Gasteiger partial charge in [-0.25, -0.2) is 8.42 Å². The zero-order valence-corrected chi connectivity index (χ0v) is 12.0. The van der Waals surface area contributed by atoms with Crippen LogP contribution >= 0.6 is 0 Å². The Morgan fingerprint density at radius 2 is 1.89 bits per heavy atom. The summed E-state index contributed by atoms with van der Waals surface area (Å²) in [7, 11) is -3.87. The number of nitrogen functional groups attached to an aromatic ring is 1. The molecule has 1 atom stereocenters. The molecule has 0 bridgehead atoms. The zero-order chi connectivity index (χ0) is 14.8. The lowest BCUT2D eigenvalue weighted by Gasteiger charge is -2.19. The predicted molar refractivity (Wildman–Crippen MR) is 73.7 cm³/mol. The van der Waals surface area contributed by atoms with E-state index < -0.39 is 22.0 Å². The summed E-state index contributed by atoms with van der Waals surface area (Å²) in [4.78, 5) is 11.2. The number of carbonyl (C=O) groups is 1. The van der Waals surface area contributed by atoms with Gasteiger partial charge < -0.3 is 11.5 Å². The molecule has 0 aliphatic rings. The fraction of sp³-hybridized carbons (Fsp3) is 0.417. The smallest absolute Gasteiger partial charge is 0.243 e. The first-order valence-electron chi connectivity index (χ1n) is 5.83. The Balaban J connectivity index is 3.14. The second-order valence-electron chi connectivity index (χ2n) is 4.79. The maximum atomic E-state index is 12.2. The Bertz CT molecular complexity index is 582. The number of rotatable bonds is 5. The third kappa shape index (κ3) is 3.68. The number of nitrogens with one attached hydrogen (secondary N) is 1. The average molecular weight is 285 g/mol. The minimum absolute atomic E-state index is 0.0509. The molecule has 6 nitrogen and oxygen atoms in total. The summed E-state index contributed by atoms with van der Waals surface area (Å²) in [5.41, 5.74) is 11.9. The zero-order valence-electron chi connectivity index (χ0n) is 11.2. The fourth-order valence-corrected chi connectivity index (χ4v) is 3.13. The lowest BCUT2D eigenvalue weighted by Crippen LogP contribution is -2.47. The Morgan fingerprint density at radius 3 is 2.32 bits per heavy atom. The van der Waals surface area contributed by atoms with Gasteiger partial charge in [-0.15, -0.1) is 0 Å². The topological polar surface area (TPSA) is 115 Å². The number of primary amides is 1. The van der Waals surface area contributed by atoms with Crippen molar-refractivity contribution in [1.82, 2.24) is 4.72 Å². The fourth-order valence-electron chi connectivity index (χ4n) is 1.67. The second kappa shape index (κ2) is 5.58.